The first-order chi connectivity index (χ1) is 14.3. The van der Waals surface area contributed by atoms with Crippen LogP contribution in [-0.4, -0.2) is 24.2 Å². The zero-order valence-electron chi connectivity index (χ0n) is 18.3. The minimum atomic E-state index is -0.356. The zero-order valence-corrected chi connectivity index (χ0v) is 18.3. The summed E-state index contributed by atoms with van der Waals surface area (Å²) < 4.78 is 5.60. The molecule has 1 aromatic heterocycles. The van der Waals surface area contributed by atoms with Crippen molar-refractivity contribution < 1.29 is 9.21 Å². The summed E-state index contributed by atoms with van der Waals surface area (Å²) >= 11 is 0. The molecular formula is C25H29N3O2. The minimum Gasteiger partial charge on any atom is -0.451 e. The molecule has 1 aliphatic heterocycles. The lowest BCUT2D eigenvalue weighted by Crippen LogP contribution is -2.48. The van der Waals surface area contributed by atoms with Crippen LogP contribution in [0.5, 0.6) is 0 Å². The lowest BCUT2D eigenvalue weighted by atomic mass is 9.79. The molecule has 1 unspecified atom stereocenters. The van der Waals surface area contributed by atoms with Crippen LogP contribution in [0, 0.1) is 6.92 Å². The van der Waals surface area contributed by atoms with E-state index in [1.54, 1.807) is 12.3 Å². The van der Waals surface area contributed by atoms with Crippen molar-refractivity contribution >= 4 is 28.8 Å². The molecule has 5 nitrogen and oxygen atoms in total. The van der Waals surface area contributed by atoms with Crippen LogP contribution < -0.4 is 10.3 Å². The number of carbonyl (C=O) groups is 1. The Hall–Kier alpha value is -3.08. The number of furan rings is 1. The number of amides is 1. The topological polar surface area (TPSA) is 57.8 Å². The molecular weight excluding hydrogens is 374 g/mol. The van der Waals surface area contributed by atoms with Crippen LogP contribution >= 0.6 is 0 Å². The Bertz CT molecular complexity index is 1090. The maximum atomic E-state index is 12.4. The van der Waals surface area contributed by atoms with Crippen molar-refractivity contribution in [3.8, 4) is 0 Å². The first kappa shape index (κ1) is 20.2. The lowest BCUT2D eigenvalue weighted by Gasteiger charge is -2.47. The van der Waals surface area contributed by atoms with Gasteiger partial charge in [0.05, 0.1) is 6.21 Å². The predicted octanol–water partition coefficient (Wildman–Crippen LogP) is 5.62. The fourth-order valence-corrected chi connectivity index (χ4v) is 4.70. The molecule has 0 saturated carbocycles. The number of nitrogens with one attached hydrogen (secondary N) is 1. The average molecular weight is 404 g/mol. The Balaban J connectivity index is 1.55. The number of hydrogen-bond acceptors (Lipinski definition) is 4. The van der Waals surface area contributed by atoms with Gasteiger partial charge in [0, 0.05) is 23.2 Å². The Kier molecular flexibility index (Phi) is 5.14. The van der Waals surface area contributed by atoms with E-state index in [0.717, 1.165) is 29.5 Å². The first-order valence-electron chi connectivity index (χ1n) is 10.5. The summed E-state index contributed by atoms with van der Waals surface area (Å²) in [6.45, 7) is 12.2. The third-order valence-corrected chi connectivity index (χ3v) is 6.11. The summed E-state index contributed by atoms with van der Waals surface area (Å²) in [5.41, 5.74) is 8.22. The molecule has 0 fully saturated rings. The molecule has 0 spiro atoms. The summed E-state index contributed by atoms with van der Waals surface area (Å²) in [5.74, 6) is 0.367. The van der Waals surface area contributed by atoms with E-state index in [1.807, 2.05) is 24.3 Å². The van der Waals surface area contributed by atoms with E-state index in [1.165, 1.54) is 11.3 Å². The van der Waals surface area contributed by atoms with Gasteiger partial charge in [-0.15, -0.1) is 0 Å². The molecule has 0 saturated heterocycles. The fourth-order valence-electron chi connectivity index (χ4n) is 4.70. The molecule has 3 aromatic rings. The molecule has 1 aliphatic rings. The van der Waals surface area contributed by atoms with Gasteiger partial charge in [-0.25, -0.2) is 5.43 Å². The summed E-state index contributed by atoms with van der Waals surface area (Å²) in [6, 6.07) is 13.7. The van der Waals surface area contributed by atoms with Gasteiger partial charge in [-0.1, -0.05) is 25.1 Å². The second-order valence-corrected chi connectivity index (χ2v) is 8.78. The second-order valence-electron chi connectivity index (χ2n) is 8.78. The number of nitrogens with zero attached hydrogens (tertiary/aromatic N) is 2. The number of anilines is 1. The van der Waals surface area contributed by atoms with Crippen molar-refractivity contribution in [3.63, 3.8) is 0 Å². The van der Waals surface area contributed by atoms with Gasteiger partial charge in [-0.05, 0) is 81.0 Å². The molecule has 1 atom stereocenters. The highest BCUT2D eigenvalue weighted by Crippen LogP contribution is 2.43. The van der Waals surface area contributed by atoms with Crippen LogP contribution in [0.1, 0.15) is 67.3 Å². The lowest BCUT2D eigenvalue weighted by molar-refractivity contribution is 0.0929. The molecule has 2 aromatic carbocycles. The Morgan fingerprint density at radius 2 is 2.07 bits per heavy atom. The molecule has 0 bridgehead atoms. The highest BCUT2D eigenvalue weighted by Gasteiger charge is 2.35. The smallest absolute Gasteiger partial charge is 0.307 e. The average Bonchev–Trinajstić information content (AvgIpc) is 3.13. The number of para-hydroxylation sites is 1. The third-order valence-electron chi connectivity index (χ3n) is 6.11. The number of hydrogen-bond donors (Lipinski definition) is 1. The van der Waals surface area contributed by atoms with Gasteiger partial charge in [0.1, 0.15) is 5.58 Å². The van der Waals surface area contributed by atoms with Crippen molar-refractivity contribution in [2.24, 2.45) is 5.10 Å². The largest absolute Gasteiger partial charge is 0.451 e. The zero-order chi connectivity index (χ0) is 21.5. The Morgan fingerprint density at radius 1 is 1.30 bits per heavy atom. The van der Waals surface area contributed by atoms with E-state index in [-0.39, 0.29) is 17.2 Å². The number of rotatable bonds is 4. The van der Waals surface area contributed by atoms with Crippen molar-refractivity contribution in [2.75, 3.05) is 11.4 Å². The Labute approximate surface area is 177 Å². The molecule has 0 aliphatic carbocycles. The number of carbonyl (C=O) groups excluding carboxylic acids is 1. The van der Waals surface area contributed by atoms with E-state index < -0.39 is 0 Å². The molecule has 30 heavy (non-hydrogen) atoms. The van der Waals surface area contributed by atoms with E-state index in [0.29, 0.717) is 11.5 Å². The van der Waals surface area contributed by atoms with Crippen molar-refractivity contribution in [3.05, 3.63) is 64.9 Å². The summed E-state index contributed by atoms with van der Waals surface area (Å²) in [7, 11) is 0. The third kappa shape index (κ3) is 3.60. The molecule has 156 valence electrons. The van der Waals surface area contributed by atoms with Crippen LogP contribution in [0.25, 0.3) is 11.0 Å². The summed E-state index contributed by atoms with van der Waals surface area (Å²) in [5, 5.41) is 5.09. The van der Waals surface area contributed by atoms with Gasteiger partial charge in [-0.2, -0.15) is 5.10 Å². The quantitative estimate of drug-likeness (QED) is 0.454. The molecule has 4 rings (SSSR count). The van der Waals surface area contributed by atoms with Gasteiger partial charge >= 0.3 is 5.91 Å². The van der Waals surface area contributed by atoms with E-state index in [9.17, 15) is 4.79 Å². The highest BCUT2D eigenvalue weighted by molar-refractivity contribution is 5.96. The van der Waals surface area contributed by atoms with Crippen LogP contribution in [0.2, 0.25) is 0 Å². The van der Waals surface area contributed by atoms with E-state index >= 15 is 0 Å². The number of aryl methyl sites for hydroxylation is 1. The normalized spacial score (nSPS) is 18.0. The maximum Gasteiger partial charge on any atom is 0.307 e. The molecule has 2 heterocycles. The van der Waals surface area contributed by atoms with Crippen molar-refractivity contribution in [1.29, 1.82) is 0 Å². The fraction of sp³-hybridized carbons (Fsp3) is 0.360. The highest BCUT2D eigenvalue weighted by atomic mass is 16.3. The first-order valence-corrected chi connectivity index (χ1v) is 10.5. The molecule has 5 heteroatoms. The van der Waals surface area contributed by atoms with Crippen LogP contribution in [0.15, 0.2) is 52.0 Å². The van der Waals surface area contributed by atoms with Crippen LogP contribution in [0.4, 0.5) is 5.69 Å². The van der Waals surface area contributed by atoms with Gasteiger partial charge < -0.3 is 9.32 Å². The Morgan fingerprint density at radius 3 is 2.80 bits per heavy atom. The minimum absolute atomic E-state index is 0.143. The van der Waals surface area contributed by atoms with Crippen molar-refractivity contribution in [1.82, 2.24) is 5.43 Å². The SMILES string of the molecule is CCN1c2cc(C)c(/C=N\NC(=O)c3cc4ccccc4o3)cc2C(C)CC1(C)C. The maximum absolute atomic E-state index is 12.4. The predicted molar refractivity (Wildman–Crippen MR) is 123 cm³/mol. The molecule has 1 amide bonds. The van der Waals surface area contributed by atoms with Gasteiger partial charge in [-0.3, -0.25) is 4.79 Å². The standard InChI is InChI=1S/C25H29N3O2/c1-6-28-21-11-16(2)19(12-20(21)17(3)14-25(28,4)5)15-26-27-24(29)23-13-18-9-7-8-10-22(18)30-23/h7-13,15,17H,6,14H2,1-5H3,(H,27,29)/b26-15-. The van der Waals surface area contributed by atoms with Crippen LogP contribution in [0.3, 0.4) is 0 Å². The molecule has 1 N–H and O–H groups in total. The van der Waals surface area contributed by atoms with E-state index in [2.05, 4.69) is 62.2 Å². The summed E-state index contributed by atoms with van der Waals surface area (Å²) in [4.78, 5) is 14.9. The van der Waals surface area contributed by atoms with Crippen molar-refractivity contribution in [2.45, 2.75) is 52.5 Å². The summed E-state index contributed by atoms with van der Waals surface area (Å²) in [6.07, 6.45) is 2.83. The van der Waals surface area contributed by atoms with Crippen LogP contribution in [-0.2, 0) is 0 Å². The van der Waals surface area contributed by atoms with E-state index in [4.69, 9.17) is 4.42 Å². The number of benzene rings is 2. The molecule has 0 radical (unpaired) electrons. The second kappa shape index (κ2) is 7.63. The number of hydrazone groups is 1. The van der Waals surface area contributed by atoms with Gasteiger partial charge in [0.15, 0.2) is 5.76 Å². The number of fused-ring (bicyclic) bond motifs is 2. The van der Waals surface area contributed by atoms with Gasteiger partial charge in [0.2, 0.25) is 0 Å². The van der Waals surface area contributed by atoms with Gasteiger partial charge in [0.25, 0.3) is 0 Å². The monoisotopic (exact) mass is 403 g/mol.